The summed E-state index contributed by atoms with van der Waals surface area (Å²) in [5.41, 5.74) is 0. The lowest BCUT2D eigenvalue weighted by molar-refractivity contribution is -0.870. The highest BCUT2D eigenvalue weighted by molar-refractivity contribution is 7.45. The van der Waals surface area contributed by atoms with Crippen LogP contribution in [-0.4, -0.2) is 69.4 Å². The summed E-state index contributed by atoms with van der Waals surface area (Å²) in [6.45, 7) is 6.88. The molecule has 478 valence electrons. The van der Waals surface area contributed by atoms with Crippen LogP contribution in [0.5, 0.6) is 0 Å². The van der Waals surface area contributed by atoms with Gasteiger partial charge in [0.25, 0.3) is 7.82 Å². The van der Waals surface area contributed by atoms with E-state index in [-0.39, 0.29) is 31.5 Å². The van der Waals surface area contributed by atoms with Gasteiger partial charge in [-0.25, -0.2) is 0 Å². The van der Waals surface area contributed by atoms with E-state index >= 15 is 0 Å². The molecule has 0 aromatic carbocycles. The molecule has 0 spiro atoms. The van der Waals surface area contributed by atoms with E-state index in [1.807, 2.05) is 33.3 Å². The van der Waals surface area contributed by atoms with E-state index in [0.717, 1.165) is 70.6 Å². The molecule has 0 aliphatic heterocycles. The van der Waals surface area contributed by atoms with E-state index in [4.69, 9.17) is 13.8 Å². The first-order valence-electron chi connectivity index (χ1n) is 35.3. The number of nitrogens with zero attached hydrogens (tertiary/aromatic N) is 1. The summed E-state index contributed by atoms with van der Waals surface area (Å²) in [7, 11) is 1.20. The Bertz CT molecular complexity index is 1480. The Hall–Kier alpha value is -1.77. The molecule has 1 N–H and O–H groups in total. The number of phosphoric acid groups is 1. The van der Waals surface area contributed by atoms with Crippen LogP contribution in [0.2, 0.25) is 0 Å². The third-order valence-electron chi connectivity index (χ3n) is 16.0. The molecular weight excluding hydrogens is 1020 g/mol. The topological polar surface area (TPSA) is 114 Å². The molecule has 0 fully saturated rings. The number of ether oxygens (including phenoxy) is 1. The minimum Gasteiger partial charge on any atom is -0.756 e. The monoisotopic (exact) mass is 1160 g/mol. The lowest BCUT2D eigenvalue weighted by atomic mass is 10.0. The molecule has 10 heteroatoms. The molecule has 0 radical (unpaired) electrons. The van der Waals surface area contributed by atoms with Crippen LogP contribution in [0.15, 0.2) is 36.5 Å². The number of nitrogens with one attached hydrogen (secondary N) is 1. The number of esters is 1. The molecule has 0 aromatic rings. The summed E-state index contributed by atoms with van der Waals surface area (Å²) in [5.74, 6) is -0.528. The second-order valence-corrected chi connectivity index (χ2v) is 26.8. The molecule has 0 bridgehead atoms. The fourth-order valence-corrected chi connectivity index (χ4v) is 11.3. The summed E-state index contributed by atoms with van der Waals surface area (Å²) < 4.78 is 30.4. The van der Waals surface area contributed by atoms with Crippen molar-refractivity contribution >= 4 is 19.7 Å². The van der Waals surface area contributed by atoms with E-state index in [2.05, 4.69) is 50.4 Å². The largest absolute Gasteiger partial charge is 0.756 e. The average molecular weight is 1160 g/mol. The molecule has 0 aliphatic carbocycles. The van der Waals surface area contributed by atoms with Gasteiger partial charge >= 0.3 is 5.97 Å². The summed E-state index contributed by atoms with van der Waals surface area (Å²) in [4.78, 5) is 40.1. The second-order valence-electron chi connectivity index (χ2n) is 25.4. The number of rotatable bonds is 65. The summed E-state index contributed by atoms with van der Waals surface area (Å²) in [6.07, 6.45) is 75.6. The molecule has 81 heavy (non-hydrogen) atoms. The number of carbonyl (C=O) groups excluding carboxylic acids is 2. The van der Waals surface area contributed by atoms with Crippen molar-refractivity contribution in [3.8, 4) is 0 Å². The molecule has 9 nitrogen and oxygen atoms in total. The molecule has 0 rings (SSSR count). The van der Waals surface area contributed by atoms with Crippen LogP contribution in [0, 0.1) is 0 Å². The van der Waals surface area contributed by atoms with Gasteiger partial charge in [0.1, 0.15) is 19.3 Å². The predicted molar refractivity (Wildman–Crippen MR) is 349 cm³/mol. The number of unbranched alkanes of at least 4 members (excludes halogenated alkanes) is 45. The zero-order valence-corrected chi connectivity index (χ0v) is 55.7. The van der Waals surface area contributed by atoms with Crippen LogP contribution in [0.3, 0.4) is 0 Å². The number of carbonyl (C=O) groups is 2. The van der Waals surface area contributed by atoms with Crippen molar-refractivity contribution in [3.63, 3.8) is 0 Å². The van der Waals surface area contributed by atoms with Crippen LogP contribution in [-0.2, 0) is 27.9 Å². The summed E-state index contributed by atoms with van der Waals surface area (Å²) in [5, 5.41) is 3.04. The van der Waals surface area contributed by atoms with Crippen molar-refractivity contribution in [2.75, 3.05) is 40.9 Å². The minimum absolute atomic E-state index is 0.0205. The quantitative estimate of drug-likeness (QED) is 0.0212. The van der Waals surface area contributed by atoms with E-state index in [0.29, 0.717) is 17.4 Å². The molecule has 0 aliphatic rings. The van der Waals surface area contributed by atoms with Crippen molar-refractivity contribution < 1.29 is 37.3 Å². The molecule has 0 heterocycles. The highest BCUT2D eigenvalue weighted by atomic mass is 31.2. The maximum atomic E-state index is 13.6. The van der Waals surface area contributed by atoms with Crippen molar-refractivity contribution in [2.24, 2.45) is 0 Å². The fraction of sp³-hybridized carbons (Fsp3) is 0.887. The highest BCUT2D eigenvalue weighted by Crippen LogP contribution is 2.38. The average Bonchev–Trinajstić information content (AvgIpc) is 3.44. The number of hydrogen-bond donors (Lipinski definition) is 1. The number of phosphoric ester groups is 1. The lowest BCUT2D eigenvalue weighted by Gasteiger charge is -2.30. The first-order chi connectivity index (χ1) is 39.4. The smallest absolute Gasteiger partial charge is 0.306 e. The predicted octanol–water partition coefficient (Wildman–Crippen LogP) is 21.6. The van der Waals surface area contributed by atoms with Crippen LogP contribution in [0.4, 0.5) is 0 Å². The van der Waals surface area contributed by atoms with E-state index < -0.39 is 20.0 Å². The Morgan fingerprint density at radius 3 is 1.06 bits per heavy atom. The standard InChI is InChI=1S/C71H137N2O7P/c1-7-10-13-16-19-22-25-28-30-31-32-33-34-35-36-37-38-39-40-41-43-46-49-52-55-58-61-64-71(75)80-69(62-59-56-53-50-47-44-27-24-21-18-15-12-9-3)68(67-79-81(76,77)78-66-65-73(4,5)6)72-70(74)63-60-57-54-51-48-45-42-29-26-23-20-17-14-11-8-2/h23,26,28,30,59,62,68-69H,7-22,24-25,27,29,31-58,60-61,63-67H2,1-6H3,(H-,72,74,76,77)/b26-23-,30-28+,62-59-. The van der Waals surface area contributed by atoms with E-state index in [9.17, 15) is 19.0 Å². The van der Waals surface area contributed by atoms with Gasteiger partial charge in [-0.1, -0.05) is 295 Å². The molecule has 3 unspecified atom stereocenters. The third kappa shape index (κ3) is 62.6. The van der Waals surface area contributed by atoms with Gasteiger partial charge in [-0.2, -0.15) is 0 Å². The van der Waals surface area contributed by atoms with Crippen molar-refractivity contribution in [3.05, 3.63) is 36.5 Å². The van der Waals surface area contributed by atoms with Crippen molar-refractivity contribution in [2.45, 2.75) is 367 Å². The Labute approximate surface area is 504 Å². The van der Waals surface area contributed by atoms with Crippen LogP contribution < -0.4 is 10.2 Å². The number of hydrogen-bond acceptors (Lipinski definition) is 7. The Morgan fingerprint density at radius 2 is 0.716 bits per heavy atom. The highest BCUT2D eigenvalue weighted by Gasteiger charge is 2.27. The number of allylic oxidation sites excluding steroid dienone is 5. The van der Waals surface area contributed by atoms with Gasteiger partial charge in [-0.15, -0.1) is 0 Å². The van der Waals surface area contributed by atoms with Gasteiger partial charge in [0.2, 0.25) is 5.91 Å². The maximum Gasteiger partial charge on any atom is 0.306 e. The van der Waals surface area contributed by atoms with Gasteiger partial charge in [0.15, 0.2) is 0 Å². The van der Waals surface area contributed by atoms with Crippen molar-refractivity contribution in [1.82, 2.24) is 5.32 Å². The molecule has 0 saturated carbocycles. The number of likely N-dealkylation sites (N-methyl/N-ethyl adjacent to an activating group) is 1. The number of amides is 1. The van der Waals surface area contributed by atoms with Crippen LogP contribution in [0.1, 0.15) is 355 Å². The first-order valence-corrected chi connectivity index (χ1v) is 36.8. The molecule has 0 aromatic heterocycles. The maximum absolute atomic E-state index is 13.6. The first kappa shape index (κ1) is 79.2. The molecule has 1 amide bonds. The van der Waals surface area contributed by atoms with Crippen molar-refractivity contribution in [1.29, 1.82) is 0 Å². The summed E-state index contributed by atoms with van der Waals surface area (Å²) >= 11 is 0. The van der Waals surface area contributed by atoms with Crippen LogP contribution in [0.25, 0.3) is 0 Å². The van der Waals surface area contributed by atoms with Crippen LogP contribution >= 0.6 is 7.82 Å². The third-order valence-corrected chi connectivity index (χ3v) is 17.0. The minimum atomic E-state index is -4.70. The Morgan fingerprint density at radius 1 is 0.420 bits per heavy atom. The zero-order valence-electron chi connectivity index (χ0n) is 54.8. The van der Waals surface area contributed by atoms with Gasteiger partial charge in [-0.05, 0) is 83.1 Å². The van der Waals surface area contributed by atoms with Gasteiger partial charge in [0.05, 0.1) is 33.8 Å². The number of quaternary nitrogens is 1. The Kier molecular flexibility index (Phi) is 60.0. The normalized spacial score (nSPS) is 13.7. The second kappa shape index (κ2) is 61.3. The summed E-state index contributed by atoms with van der Waals surface area (Å²) in [6, 6.07) is -0.887. The zero-order chi connectivity index (χ0) is 59.3. The molecule has 3 atom stereocenters. The molecule has 0 saturated heterocycles. The lowest BCUT2D eigenvalue weighted by Crippen LogP contribution is -2.47. The van der Waals surface area contributed by atoms with Gasteiger partial charge in [0, 0.05) is 12.8 Å². The SMILES string of the molecule is CCCCCC/C=C\CCCCCCCCCC(=O)NC(COP(=O)([O-])OCC[N+](C)(C)C)C(/C=C\CCCCCCCCCCCCC)OC(=O)CCCCCCCCCCCCCCCCCCC/C=C/CCCCCCCC. The van der Waals surface area contributed by atoms with E-state index in [1.54, 1.807) is 0 Å². The van der Waals surface area contributed by atoms with Gasteiger partial charge < -0.3 is 28.5 Å². The van der Waals surface area contributed by atoms with E-state index in [1.165, 1.54) is 250 Å². The van der Waals surface area contributed by atoms with Gasteiger partial charge in [-0.3, -0.25) is 14.2 Å². The Balaban J connectivity index is 5.00. The molecular formula is C71H137N2O7P. The fourth-order valence-electron chi connectivity index (χ4n) is 10.6.